The first-order valence-electron chi connectivity index (χ1n) is 30.3. The lowest BCUT2D eigenvalue weighted by molar-refractivity contribution is -0.384. The summed E-state index contributed by atoms with van der Waals surface area (Å²) in [5, 5.41) is 19.5. The number of halogens is 1. The predicted molar refractivity (Wildman–Crippen MR) is 334 cm³/mol. The van der Waals surface area contributed by atoms with E-state index in [4.69, 9.17) is 16.3 Å². The molecule has 2 aliphatic carbocycles. The Morgan fingerprint density at radius 2 is 1.62 bits per heavy atom. The number of sulfonamides is 1. The lowest BCUT2D eigenvalue weighted by Crippen LogP contribution is -2.55. The van der Waals surface area contributed by atoms with Crippen molar-refractivity contribution in [2.24, 2.45) is 11.3 Å². The van der Waals surface area contributed by atoms with Gasteiger partial charge in [0, 0.05) is 118 Å². The number of nitrogens with zero attached hydrogens (tertiary/aromatic N) is 7. The number of anilines is 2. The maximum absolute atomic E-state index is 14.2. The summed E-state index contributed by atoms with van der Waals surface area (Å²) in [5.74, 6) is -2.43. The first kappa shape index (κ1) is 60.3. The van der Waals surface area contributed by atoms with Gasteiger partial charge in [0.05, 0.1) is 32.7 Å². The Morgan fingerprint density at radius 1 is 0.852 bits per heavy atom. The van der Waals surface area contributed by atoms with Crippen molar-refractivity contribution in [3.63, 3.8) is 0 Å². The van der Waals surface area contributed by atoms with Gasteiger partial charge in [-0.15, -0.1) is 0 Å². The zero-order chi connectivity index (χ0) is 61.6. The van der Waals surface area contributed by atoms with E-state index in [1.807, 2.05) is 24.3 Å². The van der Waals surface area contributed by atoms with E-state index in [1.54, 1.807) is 42.6 Å². The Morgan fingerprint density at radius 3 is 2.38 bits per heavy atom. The molecule has 6 heterocycles. The fourth-order valence-corrected chi connectivity index (χ4v) is 14.7. The van der Waals surface area contributed by atoms with E-state index in [2.05, 4.69) is 77.8 Å². The number of H-pyrrole nitrogens is 1. The largest absolute Gasteiger partial charge is 0.455 e. The van der Waals surface area contributed by atoms with Crippen LogP contribution in [0.25, 0.3) is 16.6 Å². The van der Waals surface area contributed by atoms with Crippen LogP contribution in [0.1, 0.15) is 121 Å². The molecule has 2 aromatic heterocycles. The number of carbonyl (C=O) groups excluding carboxylic acids is 5. The summed E-state index contributed by atoms with van der Waals surface area (Å²) < 4.78 is 36.6. The highest BCUT2D eigenvalue weighted by Gasteiger charge is 2.45. The van der Waals surface area contributed by atoms with E-state index in [1.165, 1.54) is 35.0 Å². The van der Waals surface area contributed by atoms with Crippen molar-refractivity contribution >= 4 is 84.8 Å². The van der Waals surface area contributed by atoms with Crippen LogP contribution >= 0.6 is 11.6 Å². The second kappa shape index (κ2) is 24.9. The molecule has 4 fully saturated rings. The van der Waals surface area contributed by atoms with E-state index in [9.17, 15) is 42.5 Å². The van der Waals surface area contributed by atoms with Gasteiger partial charge >= 0.3 is 0 Å². The summed E-state index contributed by atoms with van der Waals surface area (Å²) >= 11 is 6.28. The summed E-state index contributed by atoms with van der Waals surface area (Å²) in [6, 6.07) is 25.2. The molecule has 3 saturated heterocycles. The van der Waals surface area contributed by atoms with Gasteiger partial charge in [-0.3, -0.25) is 59.0 Å². The molecule has 6 aromatic rings. The normalized spacial score (nSPS) is 22.2. The van der Waals surface area contributed by atoms with E-state index in [0.717, 1.165) is 112 Å². The third kappa shape index (κ3) is 12.9. The summed E-state index contributed by atoms with van der Waals surface area (Å²) in [6.45, 7) is 14.2. The third-order valence-electron chi connectivity index (χ3n) is 18.6. The monoisotopic (exact) mass is 1230 g/mol. The Bertz CT molecular complexity index is 3890. The third-order valence-corrected chi connectivity index (χ3v) is 20.2. The minimum Gasteiger partial charge on any atom is -0.455 e. The van der Waals surface area contributed by atoms with Crippen molar-refractivity contribution in [3.8, 4) is 11.5 Å². The van der Waals surface area contributed by atoms with Crippen molar-refractivity contribution in [1.82, 2.24) is 39.6 Å². The van der Waals surface area contributed by atoms with Gasteiger partial charge in [-0.2, -0.15) is 0 Å². The van der Waals surface area contributed by atoms with Gasteiger partial charge in [-0.25, -0.2) is 18.1 Å². The average Bonchev–Trinajstić information content (AvgIpc) is 1.66. The number of imide groups is 2. The fourth-order valence-electron chi connectivity index (χ4n) is 13.6. The van der Waals surface area contributed by atoms with Crippen LogP contribution in [-0.2, 0) is 26.2 Å². The molecule has 2 atom stereocenters. The molecule has 4 aromatic carbocycles. The number of pyridine rings is 1. The van der Waals surface area contributed by atoms with Gasteiger partial charge in [-0.05, 0) is 147 Å². The van der Waals surface area contributed by atoms with E-state index in [0.29, 0.717) is 48.6 Å². The number of amides is 5. The predicted octanol–water partition coefficient (Wildman–Crippen LogP) is 9.40. The highest BCUT2D eigenvalue weighted by atomic mass is 35.5. The number of hydrogen-bond donors (Lipinski definition) is 4. The summed E-state index contributed by atoms with van der Waals surface area (Å²) in [6.07, 6.45) is 10.2. The summed E-state index contributed by atoms with van der Waals surface area (Å²) in [4.78, 5) is 94.8. The molecule has 0 radical (unpaired) electrons. The first-order valence-corrected chi connectivity index (χ1v) is 32.2. The van der Waals surface area contributed by atoms with E-state index < -0.39 is 61.1 Å². The molecule has 460 valence electrons. The number of rotatable bonds is 17. The van der Waals surface area contributed by atoms with Gasteiger partial charge in [-0.1, -0.05) is 49.2 Å². The minimum atomic E-state index is -4.64. The number of fused-ring (bicyclic) bond motifs is 2. The molecule has 4 aliphatic heterocycles. The fraction of sp³-hybridized carbons (Fsp3) is 0.415. The molecule has 21 nitrogen and oxygen atoms in total. The highest BCUT2D eigenvalue weighted by Crippen LogP contribution is 2.44. The summed E-state index contributed by atoms with van der Waals surface area (Å²) in [7, 11) is -4.64. The second-order valence-corrected chi connectivity index (χ2v) is 27.2. The molecule has 1 saturated carbocycles. The van der Waals surface area contributed by atoms with Crippen molar-refractivity contribution in [2.75, 3.05) is 69.1 Å². The van der Waals surface area contributed by atoms with Crippen molar-refractivity contribution < 1.29 is 42.1 Å². The number of ether oxygens (including phenoxy) is 1. The maximum atomic E-state index is 14.2. The van der Waals surface area contributed by atoms with Gasteiger partial charge in [0.15, 0.2) is 0 Å². The number of hydrogen-bond acceptors (Lipinski definition) is 16. The SMILES string of the molecule is C[C@H]1CN(C2CCC(CNc3ccc(S(=O)(=O)NC(=O)c4ccc(N5CCN(CC6=C(c7ccc(Cl)cc7)CC(C)(C)CC6)CC5)cc4Oc4cnc5[nH]ccc5c4)cc3[N+](=O)[O-])CC2)CCN1Cc1ccc2c(c1)C(=O)N(C1CCC(=O)NC1=O)C2=O. The molecule has 23 heteroatoms. The molecular weight excluding hydrogens is 1160 g/mol. The Labute approximate surface area is 516 Å². The van der Waals surface area contributed by atoms with Crippen molar-refractivity contribution in [3.05, 3.63) is 152 Å². The average molecular weight is 1230 g/mol. The molecule has 0 bridgehead atoms. The van der Waals surface area contributed by atoms with Crippen LogP contribution in [-0.4, -0.2) is 149 Å². The van der Waals surface area contributed by atoms with Crippen LogP contribution in [0.2, 0.25) is 5.02 Å². The van der Waals surface area contributed by atoms with Crippen molar-refractivity contribution in [1.29, 1.82) is 0 Å². The van der Waals surface area contributed by atoms with Gasteiger partial charge in [0.1, 0.15) is 28.9 Å². The van der Waals surface area contributed by atoms with Crippen molar-refractivity contribution in [2.45, 2.75) is 108 Å². The zero-order valence-electron chi connectivity index (χ0n) is 49.6. The number of benzene rings is 4. The number of piperidine rings is 1. The van der Waals surface area contributed by atoms with Crippen LogP contribution in [0.5, 0.6) is 11.5 Å². The number of piperazine rings is 2. The lowest BCUT2D eigenvalue weighted by Gasteiger charge is -2.45. The van der Waals surface area contributed by atoms with E-state index in [-0.39, 0.29) is 58.3 Å². The molecule has 5 amide bonds. The number of nitro benzene ring substituents is 1. The Balaban J connectivity index is 0.653. The van der Waals surface area contributed by atoms with Crippen LogP contribution < -0.4 is 25.0 Å². The Kier molecular flexibility index (Phi) is 17.0. The lowest BCUT2D eigenvalue weighted by atomic mass is 9.72. The molecule has 1 unspecified atom stereocenters. The minimum absolute atomic E-state index is 0.0562. The van der Waals surface area contributed by atoms with Crippen LogP contribution in [0, 0.1) is 21.4 Å². The highest BCUT2D eigenvalue weighted by molar-refractivity contribution is 7.90. The topological polar surface area (TPSA) is 253 Å². The van der Waals surface area contributed by atoms with Crippen LogP contribution in [0.4, 0.5) is 17.1 Å². The second-order valence-electron chi connectivity index (χ2n) is 25.1. The van der Waals surface area contributed by atoms with E-state index >= 15 is 0 Å². The summed E-state index contributed by atoms with van der Waals surface area (Å²) in [5.41, 5.74) is 6.79. The standard InChI is InChI=1S/C65H72ClN11O10S/c1-40-37-75(29-28-74(40)38-42-6-15-51-53(30-42)64(82)76(63(51)81)56-18-19-59(78)70-62(56)80)47-11-4-41(5-12-47)35-68-55-17-14-50(33-57(55)77(83)84)88(85,86)71-61(79)52-16-13-48(32-58(52)87-49-31-44-21-23-67-60(44)69-36-49)73-26-24-72(25-27-73)39-45-20-22-65(2,3)34-54(45)43-7-9-46(66)10-8-43/h6-10,13-17,21,23,30-33,36,40-41,47,56,68H,4-5,11-12,18-20,22,24-29,34-35,37-39H2,1-3H3,(H,67,69)(H,71,79)(H,70,78,80)/t40-,41?,47?,56?/m0/s1. The zero-order valence-corrected chi connectivity index (χ0v) is 51.1. The number of allylic oxidation sites excluding steroid dienone is 1. The molecule has 12 rings (SSSR count). The van der Waals surface area contributed by atoms with Crippen LogP contribution in [0.15, 0.2) is 114 Å². The smallest absolute Gasteiger partial charge is 0.293 e. The molecule has 88 heavy (non-hydrogen) atoms. The maximum Gasteiger partial charge on any atom is 0.293 e. The van der Waals surface area contributed by atoms with Gasteiger partial charge < -0.3 is 19.9 Å². The number of nitro groups is 1. The molecule has 0 spiro atoms. The number of carbonyl (C=O) groups is 5. The van der Waals surface area contributed by atoms with Gasteiger partial charge in [0.25, 0.3) is 33.4 Å². The number of aromatic amines is 1. The number of nitrogens with one attached hydrogen (secondary N) is 4. The van der Waals surface area contributed by atoms with Crippen LogP contribution in [0.3, 0.4) is 0 Å². The number of aromatic nitrogens is 2. The Hall–Kier alpha value is -8.02. The molecule has 6 aliphatic rings. The molecular formula is C65H72ClN11O10S. The first-order chi connectivity index (χ1) is 42.2. The molecule has 4 N–H and O–H groups in total. The van der Waals surface area contributed by atoms with Gasteiger partial charge in [0.2, 0.25) is 11.8 Å². The quantitative estimate of drug-likeness (QED) is 0.0377.